The number of ether oxygens (including phenoxy) is 3. The average Bonchev–Trinajstić information content (AvgIpc) is 2.51. The highest BCUT2D eigenvalue weighted by molar-refractivity contribution is 5.69. The highest BCUT2D eigenvalue weighted by Crippen LogP contribution is 2.08. The van der Waals surface area contributed by atoms with Gasteiger partial charge in [-0.25, -0.2) is 0 Å². The molecule has 0 aromatic carbocycles. The lowest BCUT2D eigenvalue weighted by Gasteiger charge is -2.07. The largest absolute Gasteiger partial charge is 0.463 e. The topological polar surface area (TPSA) is 44.8 Å². The number of hydrogen-bond donors (Lipinski definition) is 0. The third-order valence-electron chi connectivity index (χ3n) is 3.46. The van der Waals surface area contributed by atoms with Gasteiger partial charge in [-0.3, -0.25) is 4.79 Å². The van der Waals surface area contributed by atoms with Crippen LogP contribution in [0.15, 0.2) is 0 Å². The molecule has 4 nitrogen and oxygen atoms in total. The zero-order valence-corrected chi connectivity index (χ0v) is 14.7. The van der Waals surface area contributed by atoms with Crippen molar-refractivity contribution in [1.29, 1.82) is 0 Å². The Labute approximate surface area is 136 Å². The van der Waals surface area contributed by atoms with Crippen molar-refractivity contribution in [3.63, 3.8) is 0 Å². The Kier molecular flexibility index (Phi) is 17.9. The Hall–Kier alpha value is -0.610. The third kappa shape index (κ3) is 17.4. The summed E-state index contributed by atoms with van der Waals surface area (Å²) in [6.45, 7) is 7.03. The van der Waals surface area contributed by atoms with Crippen LogP contribution in [-0.4, -0.2) is 39.0 Å². The van der Waals surface area contributed by atoms with Gasteiger partial charge >= 0.3 is 5.97 Å². The molecule has 0 aliphatic heterocycles. The lowest BCUT2D eigenvalue weighted by atomic mass is 10.1. The molecule has 0 aliphatic rings. The zero-order valence-electron chi connectivity index (χ0n) is 14.7. The van der Waals surface area contributed by atoms with E-state index in [4.69, 9.17) is 14.2 Å². The van der Waals surface area contributed by atoms with Crippen molar-refractivity contribution in [3.05, 3.63) is 0 Å². The number of rotatable bonds is 17. The molecule has 0 aliphatic carbocycles. The van der Waals surface area contributed by atoms with Gasteiger partial charge in [0.05, 0.1) is 19.8 Å². The van der Waals surface area contributed by atoms with Crippen LogP contribution in [0.25, 0.3) is 0 Å². The molecule has 22 heavy (non-hydrogen) atoms. The molecule has 0 saturated heterocycles. The maximum atomic E-state index is 11.1. The Bertz CT molecular complexity index is 231. The summed E-state index contributed by atoms with van der Waals surface area (Å²) in [4.78, 5) is 11.1. The molecule has 0 rings (SSSR count). The van der Waals surface area contributed by atoms with Gasteiger partial charge < -0.3 is 14.2 Å². The van der Waals surface area contributed by atoms with Crippen LogP contribution in [0.2, 0.25) is 0 Å². The van der Waals surface area contributed by atoms with E-state index < -0.39 is 0 Å². The molecular formula is C18H36O4. The molecule has 0 unspecified atom stereocenters. The molecule has 0 fully saturated rings. The molecule has 0 saturated carbocycles. The highest BCUT2D eigenvalue weighted by atomic mass is 16.6. The number of carbonyl (C=O) groups excluding carboxylic acids is 1. The van der Waals surface area contributed by atoms with Crippen molar-refractivity contribution in [1.82, 2.24) is 0 Å². The molecule has 0 aromatic heterocycles. The van der Waals surface area contributed by atoms with Gasteiger partial charge in [0.25, 0.3) is 0 Å². The average molecular weight is 316 g/mol. The minimum atomic E-state index is -0.142. The first-order valence-corrected chi connectivity index (χ1v) is 9.12. The van der Waals surface area contributed by atoms with Gasteiger partial charge in [-0.1, -0.05) is 58.8 Å². The van der Waals surface area contributed by atoms with Gasteiger partial charge in [-0.2, -0.15) is 0 Å². The van der Waals surface area contributed by atoms with Crippen molar-refractivity contribution < 1.29 is 19.0 Å². The Balaban J connectivity index is 3.01. The number of unbranched alkanes of at least 4 members (excludes halogenated alkanes) is 7. The molecule has 0 N–H and O–H groups in total. The first-order chi connectivity index (χ1) is 10.8. The Morgan fingerprint density at radius 1 is 0.636 bits per heavy atom. The van der Waals surface area contributed by atoms with Crippen LogP contribution in [0.5, 0.6) is 0 Å². The quantitative estimate of drug-likeness (QED) is 0.293. The molecule has 0 heterocycles. The first kappa shape index (κ1) is 21.4. The summed E-state index contributed by atoms with van der Waals surface area (Å²) in [5.41, 5.74) is 0. The van der Waals surface area contributed by atoms with Crippen LogP contribution in [0.3, 0.4) is 0 Å². The zero-order chi connectivity index (χ0) is 16.3. The van der Waals surface area contributed by atoms with Gasteiger partial charge in [-0.15, -0.1) is 0 Å². The molecule has 0 aromatic rings. The van der Waals surface area contributed by atoms with Gasteiger partial charge in [0.15, 0.2) is 0 Å². The van der Waals surface area contributed by atoms with E-state index in [1.807, 2.05) is 6.92 Å². The molecule has 0 bridgehead atoms. The highest BCUT2D eigenvalue weighted by Gasteiger charge is 1.99. The van der Waals surface area contributed by atoms with E-state index in [1.165, 1.54) is 44.9 Å². The van der Waals surface area contributed by atoms with Gasteiger partial charge in [-0.05, 0) is 12.8 Å². The van der Waals surface area contributed by atoms with Gasteiger partial charge in [0.1, 0.15) is 6.61 Å². The van der Waals surface area contributed by atoms with Crippen LogP contribution >= 0.6 is 0 Å². The van der Waals surface area contributed by atoms with Crippen molar-refractivity contribution in [2.45, 2.75) is 78.1 Å². The second kappa shape index (κ2) is 18.4. The summed E-state index contributed by atoms with van der Waals surface area (Å²) in [6, 6.07) is 0. The van der Waals surface area contributed by atoms with E-state index in [0.29, 0.717) is 32.8 Å². The normalized spacial score (nSPS) is 10.8. The summed E-state index contributed by atoms with van der Waals surface area (Å²) in [7, 11) is 0. The minimum absolute atomic E-state index is 0.142. The minimum Gasteiger partial charge on any atom is -0.463 e. The SMILES string of the molecule is CCCCCCCCCCOCCOCCOC(=O)CCC. The van der Waals surface area contributed by atoms with E-state index in [9.17, 15) is 4.79 Å². The first-order valence-electron chi connectivity index (χ1n) is 9.12. The van der Waals surface area contributed by atoms with Crippen LogP contribution < -0.4 is 0 Å². The molecule has 132 valence electrons. The van der Waals surface area contributed by atoms with Crippen LogP contribution in [-0.2, 0) is 19.0 Å². The van der Waals surface area contributed by atoms with Crippen LogP contribution in [0.1, 0.15) is 78.1 Å². The number of esters is 1. The Morgan fingerprint density at radius 2 is 1.18 bits per heavy atom. The molecule has 0 radical (unpaired) electrons. The maximum absolute atomic E-state index is 11.1. The second-order valence-corrected chi connectivity index (χ2v) is 5.67. The molecular weight excluding hydrogens is 280 g/mol. The van der Waals surface area contributed by atoms with E-state index in [2.05, 4.69) is 6.92 Å². The summed E-state index contributed by atoms with van der Waals surface area (Å²) >= 11 is 0. The van der Waals surface area contributed by atoms with Crippen molar-refractivity contribution >= 4 is 5.97 Å². The summed E-state index contributed by atoms with van der Waals surface area (Å²) in [6.07, 6.45) is 11.9. The fraction of sp³-hybridized carbons (Fsp3) is 0.944. The predicted octanol–water partition coefficient (Wildman–Crippen LogP) is 4.50. The van der Waals surface area contributed by atoms with Crippen LogP contribution in [0.4, 0.5) is 0 Å². The molecule has 0 atom stereocenters. The summed E-state index contributed by atoms with van der Waals surface area (Å²) in [5, 5.41) is 0. The Morgan fingerprint density at radius 3 is 1.82 bits per heavy atom. The van der Waals surface area contributed by atoms with E-state index in [-0.39, 0.29) is 5.97 Å². The lowest BCUT2D eigenvalue weighted by Crippen LogP contribution is -2.12. The van der Waals surface area contributed by atoms with Crippen molar-refractivity contribution in [3.8, 4) is 0 Å². The molecule has 4 heteroatoms. The fourth-order valence-electron chi connectivity index (χ4n) is 2.15. The second-order valence-electron chi connectivity index (χ2n) is 5.67. The van der Waals surface area contributed by atoms with Gasteiger partial charge in [0.2, 0.25) is 0 Å². The smallest absolute Gasteiger partial charge is 0.305 e. The predicted molar refractivity (Wildman–Crippen MR) is 90.1 cm³/mol. The number of hydrogen-bond acceptors (Lipinski definition) is 4. The van der Waals surface area contributed by atoms with Crippen molar-refractivity contribution in [2.75, 3.05) is 33.0 Å². The maximum Gasteiger partial charge on any atom is 0.305 e. The molecule has 0 spiro atoms. The summed E-state index contributed by atoms with van der Waals surface area (Å²) in [5.74, 6) is -0.142. The van der Waals surface area contributed by atoms with Gasteiger partial charge in [0, 0.05) is 13.0 Å². The van der Waals surface area contributed by atoms with E-state index >= 15 is 0 Å². The summed E-state index contributed by atoms with van der Waals surface area (Å²) < 4.78 is 15.8. The monoisotopic (exact) mass is 316 g/mol. The third-order valence-corrected chi connectivity index (χ3v) is 3.46. The standard InChI is InChI=1S/C18H36O4/c1-3-5-6-7-8-9-10-11-13-20-14-15-21-16-17-22-18(19)12-4-2/h3-17H2,1-2H3. The van der Waals surface area contributed by atoms with Crippen molar-refractivity contribution in [2.24, 2.45) is 0 Å². The molecule has 0 amide bonds. The van der Waals surface area contributed by atoms with Crippen LogP contribution in [0, 0.1) is 0 Å². The lowest BCUT2D eigenvalue weighted by molar-refractivity contribution is -0.145. The van der Waals surface area contributed by atoms with E-state index in [0.717, 1.165) is 19.4 Å². The fourth-order valence-corrected chi connectivity index (χ4v) is 2.15. The van der Waals surface area contributed by atoms with E-state index in [1.54, 1.807) is 0 Å². The number of carbonyl (C=O) groups is 1.